The molecule has 23 heavy (non-hydrogen) atoms. The summed E-state index contributed by atoms with van der Waals surface area (Å²) in [5, 5.41) is 4.59. The molecular weight excluding hydrogens is 290 g/mol. The number of hydrogen-bond acceptors (Lipinski definition) is 3. The van der Waals surface area contributed by atoms with Crippen molar-refractivity contribution in [2.45, 2.75) is 13.8 Å². The smallest absolute Gasteiger partial charge is 0.246 e. The Morgan fingerprint density at radius 3 is 2.57 bits per heavy atom. The third kappa shape index (κ3) is 3.35. The minimum Gasteiger partial charge on any atom is -0.378 e. The number of ether oxygens (including phenoxy) is 1. The lowest BCUT2D eigenvalue weighted by atomic mass is 10.1. The highest BCUT2D eigenvalue weighted by Crippen LogP contribution is 2.19. The molecule has 1 aliphatic heterocycles. The van der Waals surface area contributed by atoms with Crippen LogP contribution in [0.4, 0.5) is 0 Å². The van der Waals surface area contributed by atoms with E-state index in [1.54, 1.807) is 6.08 Å². The van der Waals surface area contributed by atoms with Crippen molar-refractivity contribution in [1.29, 1.82) is 0 Å². The Morgan fingerprint density at radius 2 is 1.87 bits per heavy atom. The molecule has 0 aliphatic carbocycles. The lowest BCUT2D eigenvalue weighted by Crippen LogP contribution is -2.39. The van der Waals surface area contributed by atoms with Gasteiger partial charge in [-0.3, -0.25) is 4.79 Å². The largest absolute Gasteiger partial charge is 0.378 e. The van der Waals surface area contributed by atoms with Crippen LogP contribution in [-0.4, -0.2) is 46.9 Å². The third-order valence-corrected chi connectivity index (χ3v) is 4.06. The third-order valence-electron chi connectivity index (χ3n) is 4.06. The van der Waals surface area contributed by atoms with Crippen molar-refractivity contribution >= 4 is 12.0 Å². The number of carbonyl (C=O) groups is 1. The summed E-state index contributed by atoms with van der Waals surface area (Å²) in [4.78, 5) is 14.0. The second kappa shape index (κ2) is 6.79. The van der Waals surface area contributed by atoms with Crippen molar-refractivity contribution in [3.05, 3.63) is 53.4 Å². The zero-order valence-electron chi connectivity index (χ0n) is 13.5. The van der Waals surface area contributed by atoms with E-state index in [0.717, 1.165) is 22.6 Å². The van der Waals surface area contributed by atoms with E-state index in [1.807, 2.05) is 59.8 Å². The van der Waals surface area contributed by atoms with Gasteiger partial charge >= 0.3 is 0 Å². The molecule has 1 aromatic carbocycles. The van der Waals surface area contributed by atoms with Crippen LogP contribution in [0.1, 0.15) is 17.0 Å². The van der Waals surface area contributed by atoms with Gasteiger partial charge in [0.25, 0.3) is 0 Å². The number of carbonyl (C=O) groups excluding carboxylic acids is 1. The maximum Gasteiger partial charge on any atom is 0.246 e. The van der Waals surface area contributed by atoms with Crippen LogP contribution in [0.25, 0.3) is 11.8 Å². The van der Waals surface area contributed by atoms with Crippen LogP contribution in [0.15, 0.2) is 36.4 Å². The van der Waals surface area contributed by atoms with Gasteiger partial charge in [-0.05, 0) is 32.1 Å². The van der Waals surface area contributed by atoms with Gasteiger partial charge in [0.05, 0.1) is 24.6 Å². The Labute approximate surface area is 136 Å². The lowest BCUT2D eigenvalue weighted by molar-refractivity contribution is -0.129. The van der Waals surface area contributed by atoms with Crippen LogP contribution in [0.5, 0.6) is 0 Å². The van der Waals surface area contributed by atoms with Gasteiger partial charge in [0.15, 0.2) is 0 Å². The van der Waals surface area contributed by atoms with E-state index in [2.05, 4.69) is 5.10 Å². The normalized spacial score (nSPS) is 15.3. The predicted molar refractivity (Wildman–Crippen MR) is 89.5 cm³/mol. The van der Waals surface area contributed by atoms with E-state index in [4.69, 9.17) is 4.74 Å². The molecule has 0 unspecified atom stereocenters. The van der Waals surface area contributed by atoms with Gasteiger partial charge in [0, 0.05) is 30.4 Å². The highest BCUT2D eigenvalue weighted by Gasteiger charge is 2.15. The fourth-order valence-electron chi connectivity index (χ4n) is 2.76. The number of rotatable bonds is 3. The van der Waals surface area contributed by atoms with Crippen molar-refractivity contribution < 1.29 is 9.53 Å². The Morgan fingerprint density at radius 1 is 1.17 bits per heavy atom. The molecule has 0 bridgehead atoms. The van der Waals surface area contributed by atoms with Crippen LogP contribution < -0.4 is 0 Å². The maximum atomic E-state index is 12.2. The summed E-state index contributed by atoms with van der Waals surface area (Å²) in [5.74, 6) is 0.0274. The van der Waals surface area contributed by atoms with Gasteiger partial charge in [-0.25, -0.2) is 4.68 Å². The number of amides is 1. The molecule has 0 N–H and O–H groups in total. The summed E-state index contributed by atoms with van der Waals surface area (Å²) >= 11 is 0. The Hall–Kier alpha value is -2.40. The van der Waals surface area contributed by atoms with Gasteiger partial charge in [-0.15, -0.1) is 0 Å². The summed E-state index contributed by atoms with van der Waals surface area (Å²) in [6.45, 7) is 6.53. The number of aryl methyl sites for hydroxylation is 1. The van der Waals surface area contributed by atoms with Crippen molar-refractivity contribution in [3.8, 4) is 5.69 Å². The number of hydrogen-bond donors (Lipinski definition) is 0. The molecule has 2 heterocycles. The highest BCUT2D eigenvalue weighted by atomic mass is 16.5. The number of morpholine rings is 1. The summed E-state index contributed by atoms with van der Waals surface area (Å²) in [5.41, 5.74) is 3.96. The molecule has 1 amide bonds. The molecule has 2 aromatic rings. The molecule has 120 valence electrons. The quantitative estimate of drug-likeness (QED) is 0.818. The van der Waals surface area contributed by atoms with Crippen LogP contribution in [0.2, 0.25) is 0 Å². The van der Waals surface area contributed by atoms with Crippen molar-refractivity contribution in [1.82, 2.24) is 14.7 Å². The average Bonchev–Trinajstić information content (AvgIpc) is 2.88. The van der Waals surface area contributed by atoms with Gasteiger partial charge in [0.2, 0.25) is 5.91 Å². The fourth-order valence-corrected chi connectivity index (χ4v) is 2.76. The molecule has 1 fully saturated rings. The first-order chi connectivity index (χ1) is 11.2. The van der Waals surface area contributed by atoms with E-state index < -0.39 is 0 Å². The standard InChI is InChI=1S/C18H21N3O2/c1-14-17(8-9-18(22)20-10-12-23-13-11-20)15(2)21(19-14)16-6-4-3-5-7-16/h3-9H,10-13H2,1-2H3/b9-8+. The van der Waals surface area contributed by atoms with Crippen LogP contribution >= 0.6 is 0 Å². The van der Waals surface area contributed by atoms with Crippen LogP contribution in [-0.2, 0) is 9.53 Å². The Balaban J connectivity index is 1.82. The molecule has 0 radical (unpaired) electrons. The number of para-hydroxylation sites is 1. The first kappa shape index (κ1) is 15.5. The lowest BCUT2D eigenvalue weighted by Gasteiger charge is -2.25. The molecule has 1 saturated heterocycles. The summed E-state index contributed by atoms with van der Waals surface area (Å²) in [6.07, 6.45) is 3.51. The first-order valence-corrected chi connectivity index (χ1v) is 7.83. The van der Waals surface area contributed by atoms with E-state index in [0.29, 0.717) is 26.3 Å². The van der Waals surface area contributed by atoms with Crippen LogP contribution in [0.3, 0.4) is 0 Å². The van der Waals surface area contributed by atoms with Crippen molar-refractivity contribution in [3.63, 3.8) is 0 Å². The fraction of sp³-hybridized carbons (Fsp3) is 0.333. The summed E-state index contributed by atoms with van der Waals surface area (Å²) in [6, 6.07) is 10.0. The number of aromatic nitrogens is 2. The zero-order valence-corrected chi connectivity index (χ0v) is 13.5. The molecular formula is C18H21N3O2. The minimum absolute atomic E-state index is 0.0274. The van der Waals surface area contributed by atoms with Gasteiger partial charge < -0.3 is 9.64 Å². The minimum atomic E-state index is 0.0274. The van der Waals surface area contributed by atoms with Crippen LogP contribution in [0, 0.1) is 13.8 Å². The molecule has 1 aromatic heterocycles. The molecule has 5 heteroatoms. The Kier molecular flexibility index (Phi) is 4.57. The first-order valence-electron chi connectivity index (χ1n) is 7.83. The van der Waals surface area contributed by atoms with E-state index in [1.165, 1.54) is 0 Å². The Bertz CT molecular complexity index is 713. The molecule has 0 atom stereocenters. The van der Waals surface area contributed by atoms with E-state index in [9.17, 15) is 4.79 Å². The number of nitrogens with zero attached hydrogens (tertiary/aromatic N) is 3. The SMILES string of the molecule is Cc1nn(-c2ccccc2)c(C)c1/C=C/C(=O)N1CCOCC1. The van der Waals surface area contributed by atoms with Gasteiger partial charge in [0.1, 0.15) is 0 Å². The summed E-state index contributed by atoms with van der Waals surface area (Å²) in [7, 11) is 0. The monoisotopic (exact) mass is 311 g/mol. The van der Waals surface area contributed by atoms with E-state index in [-0.39, 0.29) is 5.91 Å². The van der Waals surface area contributed by atoms with Crippen molar-refractivity contribution in [2.24, 2.45) is 0 Å². The molecule has 1 aliphatic rings. The molecule has 0 saturated carbocycles. The zero-order chi connectivity index (χ0) is 16.2. The molecule has 0 spiro atoms. The highest BCUT2D eigenvalue weighted by molar-refractivity contribution is 5.92. The predicted octanol–water partition coefficient (Wildman–Crippen LogP) is 2.36. The molecule has 5 nitrogen and oxygen atoms in total. The number of benzene rings is 1. The van der Waals surface area contributed by atoms with Gasteiger partial charge in [-0.2, -0.15) is 5.10 Å². The van der Waals surface area contributed by atoms with E-state index >= 15 is 0 Å². The van der Waals surface area contributed by atoms with Gasteiger partial charge in [-0.1, -0.05) is 18.2 Å². The second-order valence-electron chi connectivity index (χ2n) is 5.60. The second-order valence-corrected chi connectivity index (χ2v) is 5.60. The maximum absolute atomic E-state index is 12.2. The average molecular weight is 311 g/mol. The topological polar surface area (TPSA) is 47.4 Å². The van der Waals surface area contributed by atoms with Crippen molar-refractivity contribution in [2.75, 3.05) is 26.3 Å². The summed E-state index contributed by atoms with van der Waals surface area (Å²) < 4.78 is 7.18. The molecule has 3 rings (SSSR count).